The zero-order valence-corrected chi connectivity index (χ0v) is 13.0. The van der Waals surface area contributed by atoms with Crippen LogP contribution >= 0.6 is 22.9 Å². The minimum Gasteiger partial charge on any atom is -0.497 e. The van der Waals surface area contributed by atoms with Crippen molar-refractivity contribution in [3.63, 3.8) is 0 Å². The number of alkyl halides is 1. The van der Waals surface area contributed by atoms with Gasteiger partial charge in [-0.05, 0) is 43.5 Å². The topological polar surface area (TPSA) is 31.4 Å². The number of rotatable bonds is 8. The quantitative estimate of drug-likeness (QED) is 0.538. The number of nitrogens with zero attached hydrogens (tertiary/aromatic N) is 1. The van der Waals surface area contributed by atoms with E-state index in [9.17, 15) is 0 Å². The smallest absolute Gasteiger partial charge is 0.119 e. The molecular formula is C15H18ClNO2S. The summed E-state index contributed by atoms with van der Waals surface area (Å²) in [7, 11) is 1.66. The number of aryl methyl sites for hydroxylation is 1. The van der Waals surface area contributed by atoms with Gasteiger partial charge in [-0.1, -0.05) is 0 Å². The SMILES string of the molecule is COc1ccc(OCCCCc2nc(CCl)cs2)cc1. The molecule has 5 heteroatoms. The van der Waals surface area contributed by atoms with Gasteiger partial charge in [0.15, 0.2) is 0 Å². The van der Waals surface area contributed by atoms with Crippen molar-refractivity contribution in [2.45, 2.75) is 25.1 Å². The second-order valence-corrected chi connectivity index (χ2v) is 5.56. The molecule has 1 aromatic carbocycles. The van der Waals surface area contributed by atoms with Crippen molar-refractivity contribution < 1.29 is 9.47 Å². The third-order valence-corrected chi connectivity index (χ3v) is 4.08. The highest BCUT2D eigenvalue weighted by Crippen LogP contribution is 2.18. The minimum atomic E-state index is 0.497. The van der Waals surface area contributed by atoms with Gasteiger partial charge in [-0.25, -0.2) is 4.98 Å². The van der Waals surface area contributed by atoms with Gasteiger partial charge < -0.3 is 9.47 Å². The number of benzene rings is 1. The number of halogens is 1. The lowest BCUT2D eigenvalue weighted by atomic mass is 10.2. The first-order valence-electron chi connectivity index (χ1n) is 6.58. The molecule has 0 N–H and O–H groups in total. The molecule has 0 saturated carbocycles. The Morgan fingerprint density at radius 1 is 1.15 bits per heavy atom. The maximum atomic E-state index is 5.73. The molecule has 0 amide bonds. The van der Waals surface area contributed by atoms with Crippen molar-refractivity contribution >= 4 is 22.9 Å². The molecule has 3 nitrogen and oxygen atoms in total. The molecule has 1 aromatic heterocycles. The average molecular weight is 312 g/mol. The standard InChI is InChI=1S/C15H18ClNO2S/c1-18-13-5-7-14(8-6-13)19-9-3-2-4-15-17-12(10-16)11-20-15/h5-8,11H,2-4,9-10H2,1H3. The van der Waals surface area contributed by atoms with Crippen molar-refractivity contribution in [3.8, 4) is 11.5 Å². The highest BCUT2D eigenvalue weighted by atomic mass is 35.5. The summed E-state index contributed by atoms with van der Waals surface area (Å²) < 4.78 is 10.8. The van der Waals surface area contributed by atoms with Gasteiger partial charge in [-0.15, -0.1) is 22.9 Å². The summed E-state index contributed by atoms with van der Waals surface area (Å²) in [6.45, 7) is 0.722. The van der Waals surface area contributed by atoms with Gasteiger partial charge in [0.05, 0.1) is 30.3 Å². The Morgan fingerprint density at radius 2 is 1.90 bits per heavy atom. The van der Waals surface area contributed by atoms with Crippen LogP contribution in [0.3, 0.4) is 0 Å². The molecule has 0 aliphatic carbocycles. The van der Waals surface area contributed by atoms with Crippen molar-refractivity contribution in [1.29, 1.82) is 0 Å². The lowest BCUT2D eigenvalue weighted by Crippen LogP contribution is -1.98. The number of aromatic nitrogens is 1. The maximum Gasteiger partial charge on any atom is 0.119 e. The second kappa shape index (κ2) is 8.12. The van der Waals surface area contributed by atoms with Crippen LogP contribution in [0.2, 0.25) is 0 Å². The summed E-state index contributed by atoms with van der Waals surface area (Å²) in [6.07, 6.45) is 3.08. The van der Waals surface area contributed by atoms with E-state index in [1.54, 1.807) is 18.4 Å². The fourth-order valence-electron chi connectivity index (χ4n) is 1.77. The number of thiazole rings is 1. The Labute approximate surface area is 128 Å². The molecule has 0 aliphatic rings. The molecular weight excluding hydrogens is 294 g/mol. The zero-order valence-electron chi connectivity index (χ0n) is 11.5. The molecule has 0 saturated heterocycles. The summed E-state index contributed by atoms with van der Waals surface area (Å²) in [5.74, 6) is 2.22. The van der Waals surface area contributed by atoms with Crippen LogP contribution in [0.4, 0.5) is 0 Å². The van der Waals surface area contributed by atoms with Gasteiger partial charge in [-0.3, -0.25) is 0 Å². The minimum absolute atomic E-state index is 0.497. The van der Waals surface area contributed by atoms with Gasteiger partial charge in [0.1, 0.15) is 11.5 Å². The molecule has 0 atom stereocenters. The number of hydrogen-bond acceptors (Lipinski definition) is 4. The Balaban J connectivity index is 1.63. The normalized spacial score (nSPS) is 10.5. The van der Waals surface area contributed by atoms with Crippen LogP contribution in [-0.2, 0) is 12.3 Å². The van der Waals surface area contributed by atoms with E-state index < -0.39 is 0 Å². The van der Waals surface area contributed by atoms with E-state index in [0.29, 0.717) is 5.88 Å². The van der Waals surface area contributed by atoms with E-state index in [0.717, 1.165) is 48.1 Å². The molecule has 0 bridgehead atoms. The van der Waals surface area contributed by atoms with Crippen LogP contribution in [0.15, 0.2) is 29.6 Å². The zero-order chi connectivity index (χ0) is 14.2. The number of unbranched alkanes of at least 4 members (excludes halogenated alkanes) is 1. The summed E-state index contributed by atoms with van der Waals surface area (Å²) in [6, 6.07) is 7.65. The van der Waals surface area contributed by atoms with E-state index in [-0.39, 0.29) is 0 Å². The van der Waals surface area contributed by atoms with Crippen molar-refractivity contribution in [2.24, 2.45) is 0 Å². The third kappa shape index (κ3) is 4.69. The van der Waals surface area contributed by atoms with Gasteiger partial charge in [-0.2, -0.15) is 0 Å². The number of ether oxygens (including phenoxy) is 2. The van der Waals surface area contributed by atoms with Crippen molar-refractivity contribution in [3.05, 3.63) is 40.3 Å². The molecule has 0 unspecified atom stereocenters. The van der Waals surface area contributed by atoms with Crippen molar-refractivity contribution in [2.75, 3.05) is 13.7 Å². The number of hydrogen-bond donors (Lipinski definition) is 0. The summed E-state index contributed by atoms with van der Waals surface area (Å²) in [5, 5.41) is 3.18. The molecule has 2 aromatic rings. The van der Waals surface area contributed by atoms with E-state index in [4.69, 9.17) is 21.1 Å². The van der Waals surface area contributed by atoms with Crippen LogP contribution in [-0.4, -0.2) is 18.7 Å². The number of methoxy groups -OCH3 is 1. The summed E-state index contributed by atoms with van der Waals surface area (Å²) in [4.78, 5) is 4.44. The molecule has 2 rings (SSSR count). The first-order chi connectivity index (χ1) is 9.81. The van der Waals surface area contributed by atoms with Crippen LogP contribution in [0.5, 0.6) is 11.5 Å². The first-order valence-corrected chi connectivity index (χ1v) is 7.99. The Hall–Kier alpha value is -1.26. The monoisotopic (exact) mass is 311 g/mol. The highest BCUT2D eigenvalue weighted by molar-refractivity contribution is 7.09. The van der Waals surface area contributed by atoms with Crippen LogP contribution in [0.1, 0.15) is 23.5 Å². The molecule has 1 heterocycles. The third-order valence-electron chi connectivity index (χ3n) is 2.85. The molecule has 0 aliphatic heterocycles. The lowest BCUT2D eigenvalue weighted by Gasteiger charge is -2.06. The molecule has 20 heavy (non-hydrogen) atoms. The predicted molar refractivity (Wildman–Crippen MR) is 83.1 cm³/mol. The van der Waals surface area contributed by atoms with Crippen LogP contribution < -0.4 is 9.47 Å². The fraction of sp³-hybridized carbons (Fsp3) is 0.400. The predicted octanol–water partition coefficient (Wildman–Crippen LogP) is 4.29. The second-order valence-electron chi connectivity index (χ2n) is 4.35. The van der Waals surface area contributed by atoms with E-state index >= 15 is 0 Å². The van der Waals surface area contributed by atoms with E-state index in [1.807, 2.05) is 29.6 Å². The highest BCUT2D eigenvalue weighted by Gasteiger charge is 2.01. The Kier molecular flexibility index (Phi) is 6.15. The largest absolute Gasteiger partial charge is 0.497 e. The molecule has 108 valence electrons. The van der Waals surface area contributed by atoms with Gasteiger partial charge in [0.2, 0.25) is 0 Å². The summed E-state index contributed by atoms with van der Waals surface area (Å²) in [5.41, 5.74) is 0.973. The maximum absolute atomic E-state index is 5.73. The van der Waals surface area contributed by atoms with Crippen LogP contribution in [0, 0.1) is 0 Å². The molecule has 0 fully saturated rings. The fourth-order valence-corrected chi connectivity index (χ4v) is 2.83. The Bertz CT molecular complexity index is 513. The first kappa shape index (κ1) is 15.1. The summed E-state index contributed by atoms with van der Waals surface area (Å²) >= 11 is 7.41. The van der Waals surface area contributed by atoms with Gasteiger partial charge >= 0.3 is 0 Å². The lowest BCUT2D eigenvalue weighted by molar-refractivity contribution is 0.306. The Morgan fingerprint density at radius 3 is 2.55 bits per heavy atom. The van der Waals surface area contributed by atoms with Crippen LogP contribution in [0.25, 0.3) is 0 Å². The molecule has 0 radical (unpaired) electrons. The van der Waals surface area contributed by atoms with Gasteiger partial charge in [0, 0.05) is 5.38 Å². The van der Waals surface area contributed by atoms with Gasteiger partial charge in [0.25, 0.3) is 0 Å². The molecule has 0 spiro atoms. The average Bonchev–Trinajstić information content (AvgIpc) is 2.95. The van der Waals surface area contributed by atoms with E-state index in [1.165, 1.54) is 0 Å². The van der Waals surface area contributed by atoms with E-state index in [2.05, 4.69) is 4.98 Å². The van der Waals surface area contributed by atoms with Crippen molar-refractivity contribution in [1.82, 2.24) is 4.98 Å².